The van der Waals surface area contributed by atoms with E-state index >= 15 is 0 Å². The minimum atomic E-state index is -0.130. The van der Waals surface area contributed by atoms with Gasteiger partial charge in [0.25, 0.3) is 0 Å². The molecule has 1 aliphatic rings. The van der Waals surface area contributed by atoms with Gasteiger partial charge in [-0.1, -0.05) is 0 Å². The van der Waals surface area contributed by atoms with Gasteiger partial charge in [0.15, 0.2) is 0 Å². The van der Waals surface area contributed by atoms with E-state index < -0.39 is 0 Å². The molecule has 0 saturated heterocycles. The molecule has 1 aromatic rings. The topological polar surface area (TPSA) is 79.8 Å². The summed E-state index contributed by atoms with van der Waals surface area (Å²) in [5.74, 6) is 0.111. The van der Waals surface area contributed by atoms with Gasteiger partial charge in [-0.25, -0.2) is 0 Å². The first-order valence-corrected chi connectivity index (χ1v) is 4.75. The summed E-state index contributed by atoms with van der Waals surface area (Å²) in [7, 11) is 0. The quantitative estimate of drug-likeness (QED) is 0.743. The molecule has 78 valence electrons. The summed E-state index contributed by atoms with van der Waals surface area (Å²) in [6.45, 7) is 1.89. The molecule has 0 atom stereocenters. The molecule has 1 heterocycles. The Morgan fingerprint density at radius 1 is 1.60 bits per heavy atom. The zero-order chi connectivity index (χ0) is 11.3. The van der Waals surface area contributed by atoms with Crippen LogP contribution in [0.2, 0.25) is 0 Å². The molecule has 0 unspecified atom stereocenters. The monoisotopic (exact) mass is 203 g/mol. The molecule has 4 heteroatoms. The lowest BCUT2D eigenvalue weighted by Gasteiger charge is -1.87. The predicted molar refractivity (Wildman–Crippen MR) is 55.6 cm³/mol. The van der Waals surface area contributed by atoms with Crippen LogP contribution in [-0.2, 0) is 4.79 Å². The minimum absolute atomic E-state index is 0.130. The molecule has 1 aromatic heterocycles. The molecule has 15 heavy (non-hydrogen) atoms. The Bertz CT molecular complexity index is 374. The Morgan fingerprint density at radius 3 is 2.53 bits per heavy atom. The van der Waals surface area contributed by atoms with Crippen molar-refractivity contribution in [3.8, 4) is 6.07 Å². The van der Waals surface area contributed by atoms with Crippen LogP contribution in [0.3, 0.4) is 0 Å². The van der Waals surface area contributed by atoms with E-state index in [9.17, 15) is 4.79 Å². The normalized spacial score (nSPS) is 13.3. The lowest BCUT2D eigenvalue weighted by molar-refractivity contribution is -0.119. The fourth-order valence-corrected chi connectivity index (χ4v) is 0.902. The summed E-state index contributed by atoms with van der Waals surface area (Å²) in [4.78, 5) is 13.9. The van der Waals surface area contributed by atoms with Crippen LogP contribution in [0.15, 0.2) is 18.3 Å². The third kappa shape index (κ3) is 4.23. The van der Waals surface area contributed by atoms with Gasteiger partial charge < -0.3 is 5.73 Å². The van der Waals surface area contributed by atoms with Gasteiger partial charge in [0, 0.05) is 17.8 Å². The maximum atomic E-state index is 9.98. The maximum absolute atomic E-state index is 9.98. The zero-order valence-electron chi connectivity index (χ0n) is 8.60. The van der Waals surface area contributed by atoms with Crippen LogP contribution in [0.1, 0.15) is 24.1 Å². The fourth-order valence-electron chi connectivity index (χ4n) is 0.902. The van der Waals surface area contributed by atoms with Crippen molar-refractivity contribution < 1.29 is 4.79 Å². The number of amides is 1. The molecule has 1 fully saturated rings. The molecule has 0 aliphatic heterocycles. The van der Waals surface area contributed by atoms with Crippen molar-refractivity contribution in [2.45, 2.75) is 19.8 Å². The number of rotatable bonds is 1. The van der Waals surface area contributed by atoms with E-state index in [0.717, 1.165) is 18.5 Å². The Morgan fingerprint density at radius 2 is 2.27 bits per heavy atom. The SMILES string of the molecule is Cc1ccc(C#N)cn1.NC(=O)C1CC1. The number of pyridine rings is 1. The van der Waals surface area contributed by atoms with Crippen LogP contribution < -0.4 is 5.73 Å². The summed E-state index contributed by atoms with van der Waals surface area (Å²) < 4.78 is 0. The van der Waals surface area contributed by atoms with Crippen LogP contribution in [0.4, 0.5) is 0 Å². The van der Waals surface area contributed by atoms with E-state index in [0.29, 0.717) is 5.56 Å². The van der Waals surface area contributed by atoms with Crippen LogP contribution in [0.25, 0.3) is 0 Å². The highest BCUT2D eigenvalue weighted by Crippen LogP contribution is 2.27. The van der Waals surface area contributed by atoms with Crippen molar-refractivity contribution in [3.63, 3.8) is 0 Å². The maximum Gasteiger partial charge on any atom is 0.220 e. The van der Waals surface area contributed by atoms with Gasteiger partial charge in [-0.05, 0) is 31.9 Å². The summed E-state index contributed by atoms with van der Waals surface area (Å²) in [5.41, 5.74) is 6.41. The van der Waals surface area contributed by atoms with Crippen molar-refractivity contribution in [2.24, 2.45) is 11.7 Å². The van der Waals surface area contributed by atoms with Gasteiger partial charge in [-0.2, -0.15) is 5.26 Å². The smallest absolute Gasteiger partial charge is 0.220 e. The first-order valence-electron chi connectivity index (χ1n) is 4.75. The fraction of sp³-hybridized carbons (Fsp3) is 0.364. The Labute approximate surface area is 88.7 Å². The Balaban J connectivity index is 0.000000162. The van der Waals surface area contributed by atoms with Crippen LogP contribution >= 0.6 is 0 Å². The van der Waals surface area contributed by atoms with Crippen molar-refractivity contribution in [1.29, 1.82) is 5.26 Å². The van der Waals surface area contributed by atoms with E-state index in [1.54, 1.807) is 12.3 Å². The Hall–Kier alpha value is -1.89. The number of carbonyl (C=O) groups excluding carboxylic acids is 1. The summed E-state index contributed by atoms with van der Waals surface area (Å²) >= 11 is 0. The number of nitrogens with zero attached hydrogens (tertiary/aromatic N) is 2. The number of hydrogen-bond donors (Lipinski definition) is 1. The largest absolute Gasteiger partial charge is 0.369 e. The van der Waals surface area contributed by atoms with E-state index in [1.807, 2.05) is 19.1 Å². The average Bonchev–Trinajstić information content (AvgIpc) is 3.03. The van der Waals surface area contributed by atoms with E-state index in [2.05, 4.69) is 4.98 Å². The van der Waals surface area contributed by atoms with Crippen molar-refractivity contribution in [2.75, 3.05) is 0 Å². The van der Waals surface area contributed by atoms with Gasteiger partial charge in [0.05, 0.1) is 5.56 Å². The summed E-state index contributed by atoms with van der Waals surface area (Å²) in [6.07, 6.45) is 3.61. The number of nitrogens with two attached hydrogens (primary N) is 1. The average molecular weight is 203 g/mol. The standard InChI is InChI=1S/C7H6N2.C4H7NO/c1-6-2-3-7(4-8)5-9-6;5-4(6)3-1-2-3/h2-3,5H,1H3;3H,1-2H2,(H2,5,6). The number of hydrogen-bond acceptors (Lipinski definition) is 3. The van der Waals surface area contributed by atoms with Crippen LogP contribution in [0.5, 0.6) is 0 Å². The molecule has 2 rings (SSSR count). The second-order valence-electron chi connectivity index (χ2n) is 3.48. The second kappa shape index (κ2) is 5.11. The van der Waals surface area contributed by atoms with Gasteiger partial charge in [-0.3, -0.25) is 9.78 Å². The van der Waals surface area contributed by atoms with Crippen molar-refractivity contribution in [3.05, 3.63) is 29.6 Å². The molecular formula is C11H13N3O. The van der Waals surface area contributed by atoms with E-state index in [4.69, 9.17) is 11.0 Å². The van der Waals surface area contributed by atoms with Crippen LogP contribution in [0, 0.1) is 24.2 Å². The third-order valence-corrected chi connectivity index (χ3v) is 2.02. The predicted octanol–water partition coefficient (Wildman–Crippen LogP) is 1.14. The molecule has 0 bridgehead atoms. The number of carbonyl (C=O) groups is 1. The Kier molecular flexibility index (Phi) is 3.81. The second-order valence-corrected chi connectivity index (χ2v) is 3.48. The summed E-state index contributed by atoms with van der Waals surface area (Å²) in [6, 6.07) is 5.56. The number of aryl methyl sites for hydroxylation is 1. The molecule has 0 aromatic carbocycles. The van der Waals surface area contributed by atoms with E-state index in [1.165, 1.54) is 0 Å². The van der Waals surface area contributed by atoms with E-state index in [-0.39, 0.29) is 11.8 Å². The van der Waals surface area contributed by atoms with Gasteiger partial charge in [0.2, 0.25) is 5.91 Å². The number of primary amides is 1. The highest BCUT2D eigenvalue weighted by atomic mass is 16.1. The van der Waals surface area contributed by atoms with Crippen LogP contribution in [-0.4, -0.2) is 10.9 Å². The highest BCUT2D eigenvalue weighted by Gasteiger charge is 2.26. The molecule has 0 spiro atoms. The number of nitriles is 1. The molecule has 2 N–H and O–H groups in total. The molecule has 0 radical (unpaired) electrons. The molecule has 1 saturated carbocycles. The van der Waals surface area contributed by atoms with Crippen molar-refractivity contribution >= 4 is 5.91 Å². The molecule has 4 nitrogen and oxygen atoms in total. The first-order chi connectivity index (χ1) is 7.13. The molecule has 1 amide bonds. The molecular weight excluding hydrogens is 190 g/mol. The van der Waals surface area contributed by atoms with Gasteiger partial charge >= 0.3 is 0 Å². The van der Waals surface area contributed by atoms with Gasteiger partial charge in [-0.15, -0.1) is 0 Å². The lowest BCUT2D eigenvalue weighted by atomic mass is 10.3. The molecule has 1 aliphatic carbocycles. The lowest BCUT2D eigenvalue weighted by Crippen LogP contribution is -2.11. The number of aromatic nitrogens is 1. The first kappa shape index (κ1) is 11.2. The summed E-state index contributed by atoms with van der Waals surface area (Å²) in [5, 5.41) is 8.34. The van der Waals surface area contributed by atoms with Gasteiger partial charge in [0.1, 0.15) is 6.07 Å². The minimum Gasteiger partial charge on any atom is -0.369 e. The highest BCUT2D eigenvalue weighted by molar-refractivity contribution is 5.78. The third-order valence-electron chi connectivity index (χ3n) is 2.02. The zero-order valence-corrected chi connectivity index (χ0v) is 8.60. The van der Waals surface area contributed by atoms with Crippen molar-refractivity contribution in [1.82, 2.24) is 4.98 Å².